The molecular weight excluding hydrogens is 318 g/mol. The summed E-state index contributed by atoms with van der Waals surface area (Å²) in [5.74, 6) is 1.77. The lowest BCUT2D eigenvalue weighted by Gasteiger charge is -2.24. The average Bonchev–Trinajstić information content (AvgIpc) is 3.19. The van der Waals surface area contributed by atoms with Gasteiger partial charge in [-0.3, -0.25) is 0 Å². The third-order valence-electron chi connectivity index (χ3n) is 4.76. The highest BCUT2D eigenvalue weighted by molar-refractivity contribution is 5.82. The first kappa shape index (κ1) is 15.7. The molecule has 1 aromatic carbocycles. The number of nitrogens with zero attached hydrogens (tertiary/aromatic N) is 3. The molecule has 130 valence electrons. The van der Waals surface area contributed by atoms with Crippen molar-refractivity contribution in [2.45, 2.75) is 45.3 Å². The fourth-order valence-corrected chi connectivity index (χ4v) is 3.45. The Morgan fingerprint density at radius 2 is 2.24 bits per heavy atom. The van der Waals surface area contributed by atoms with Crippen LogP contribution in [0.2, 0.25) is 0 Å². The van der Waals surface area contributed by atoms with E-state index in [1.54, 1.807) is 6.33 Å². The van der Waals surface area contributed by atoms with Gasteiger partial charge in [-0.25, -0.2) is 14.5 Å². The summed E-state index contributed by atoms with van der Waals surface area (Å²) >= 11 is 0. The van der Waals surface area contributed by atoms with Crippen LogP contribution < -0.4 is 10.6 Å². The number of hydrogen-bond acceptors (Lipinski definition) is 4. The molecule has 2 N–H and O–H groups in total. The number of nitrogens with one attached hydrogen (secondary N) is 2. The molecule has 0 spiro atoms. The Bertz CT molecular complexity index is 913. The van der Waals surface area contributed by atoms with Crippen molar-refractivity contribution in [2.24, 2.45) is 0 Å². The summed E-state index contributed by atoms with van der Waals surface area (Å²) in [4.78, 5) is 16.6. The zero-order valence-corrected chi connectivity index (χ0v) is 14.3. The Hall–Kier alpha value is -2.83. The first-order valence-electron chi connectivity index (χ1n) is 8.53. The molecule has 0 saturated carbocycles. The van der Waals surface area contributed by atoms with Crippen LogP contribution in [0, 0.1) is 6.92 Å². The molecule has 2 atom stereocenters. The van der Waals surface area contributed by atoms with E-state index in [2.05, 4.69) is 20.7 Å². The van der Waals surface area contributed by atoms with Crippen LogP contribution in [0.1, 0.15) is 36.5 Å². The molecule has 7 nitrogen and oxygen atoms in total. The minimum atomic E-state index is -0.210. The van der Waals surface area contributed by atoms with Gasteiger partial charge in [0.25, 0.3) is 0 Å². The Balaban J connectivity index is 1.41. The van der Waals surface area contributed by atoms with Gasteiger partial charge in [-0.1, -0.05) is 18.2 Å². The van der Waals surface area contributed by atoms with Crippen LogP contribution in [-0.2, 0) is 13.0 Å². The molecule has 0 saturated heterocycles. The lowest BCUT2D eigenvalue weighted by atomic mass is 10.1. The Morgan fingerprint density at radius 1 is 1.40 bits per heavy atom. The van der Waals surface area contributed by atoms with Crippen molar-refractivity contribution < 1.29 is 9.21 Å². The average molecular weight is 339 g/mol. The number of carbonyl (C=O) groups excluding carboxylic acids is 1. The molecule has 0 radical (unpaired) electrons. The summed E-state index contributed by atoms with van der Waals surface area (Å²) in [5.41, 5.74) is 1.91. The van der Waals surface area contributed by atoms with Crippen LogP contribution in [0.25, 0.3) is 11.0 Å². The summed E-state index contributed by atoms with van der Waals surface area (Å²) in [6.07, 6.45) is 3.25. The van der Waals surface area contributed by atoms with E-state index in [0.29, 0.717) is 6.54 Å². The van der Waals surface area contributed by atoms with Crippen molar-refractivity contribution in [3.8, 4) is 0 Å². The van der Waals surface area contributed by atoms with Crippen molar-refractivity contribution in [3.05, 3.63) is 47.7 Å². The van der Waals surface area contributed by atoms with Gasteiger partial charge < -0.3 is 15.1 Å². The highest BCUT2D eigenvalue weighted by Gasteiger charge is 2.23. The highest BCUT2D eigenvalue weighted by Crippen LogP contribution is 2.29. The monoisotopic (exact) mass is 339 g/mol. The van der Waals surface area contributed by atoms with Gasteiger partial charge in [0.05, 0.1) is 18.6 Å². The van der Waals surface area contributed by atoms with Crippen molar-refractivity contribution in [1.29, 1.82) is 0 Å². The minimum absolute atomic E-state index is 0.0539. The van der Waals surface area contributed by atoms with E-state index in [4.69, 9.17) is 4.42 Å². The smallest absolute Gasteiger partial charge is 0.315 e. The largest absolute Gasteiger partial charge is 0.459 e. The molecule has 2 unspecified atom stereocenters. The molecule has 0 fully saturated rings. The van der Waals surface area contributed by atoms with E-state index in [1.807, 2.05) is 42.8 Å². The molecule has 1 aliphatic heterocycles. The second-order valence-electron chi connectivity index (χ2n) is 6.52. The maximum absolute atomic E-state index is 12.4. The predicted octanol–water partition coefficient (Wildman–Crippen LogP) is 2.71. The lowest BCUT2D eigenvalue weighted by Crippen LogP contribution is -2.46. The second kappa shape index (κ2) is 6.23. The Kier molecular flexibility index (Phi) is 3.91. The molecule has 25 heavy (non-hydrogen) atoms. The van der Waals surface area contributed by atoms with E-state index in [0.717, 1.165) is 41.0 Å². The molecule has 4 rings (SSSR count). The summed E-state index contributed by atoms with van der Waals surface area (Å²) < 4.78 is 7.77. The Morgan fingerprint density at radius 3 is 3.08 bits per heavy atom. The van der Waals surface area contributed by atoms with Gasteiger partial charge >= 0.3 is 6.03 Å². The number of amides is 2. The SMILES string of the molecule is Cc1c(C(C)NC(=O)NC2CCc3ncnn3C2)oc2ccccc12. The third-order valence-corrected chi connectivity index (χ3v) is 4.76. The van der Waals surface area contributed by atoms with Crippen molar-refractivity contribution in [1.82, 2.24) is 25.4 Å². The molecule has 0 aliphatic carbocycles. The molecule has 1 aliphatic rings. The standard InChI is InChI=1S/C18H21N5O2/c1-11-14-5-3-4-6-15(14)25-17(11)12(2)21-18(24)22-13-7-8-16-19-10-20-23(16)9-13/h3-6,10,12-13H,7-9H2,1-2H3,(H2,21,22,24). The third kappa shape index (κ3) is 2.97. The van der Waals surface area contributed by atoms with Gasteiger partial charge in [0.15, 0.2) is 0 Å². The van der Waals surface area contributed by atoms with Gasteiger partial charge in [-0.2, -0.15) is 5.10 Å². The number of fused-ring (bicyclic) bond motifs is 2. The van der Waals surface area contributed by atoms with Crippen LogP contribution >= 0.6 is 0 Å². The summed E-state index contributed by atoms with van der Waals surface area (Å²) in [6.45, 7) is 4.60. The number of rotatable bonds is 3. The van der Waals surface area contributed by atoms with Gasteiger partial charge in [-0.15, -0.1) is 0 Å². The van der Waals surface area contributed by atoms with E-state index in [-0.39, 0.29) is 18.1 Å². The molecule has 2 amide bonds. The predicted molar refractivity (Wildman–Crippen MR) is 93.2 cm³/mol. The van der Waals surface area contributed by atoms with Gasteiger partial charge in [-0.05, 0) is 26.3 Å². The lowest BCUT2D eigenvalue weighted by molar-refractivity contribution is 0.227. The fourth-order valence-electron chi connectivity index (χ4n) is 3.45. The van der Waals surface area contributed by atoms with E-state index >= 15 is 0 Å². The van der Waals surface area contributed by atoms with Crippen LogP contribution in [0.4, 0.5) is 4.79 Å². The van der Waals surface area contributed by atoms with Crippen molar-refractivity contribution in [2.75, 3.05) is 0 Å². The maximum atomic E-state index is 12.4. The maximum Gasteiger partial charge on any atom is 0.315 e. The Labute approximate surface area is 145 Å². The fraction of sp³-hybridized carbons (Fsp3) is 0.389. The van der Waals surface area contributed by atoms with E-state index in [1.165, 1.54) is 0 Å². The molecule has 3 aromatic rings. The van der Waals surface area contributed by atoms with Crippen LogP contribution in [-0.4, -0.2) is 26.8 Å². The molecular formula is C18H21N5O2. The van der Waals surface area contributed by atoms with Gasteiger partial charge in [0.1, 0.15) is 23.5 Å². The second-order valence-corrected chi connectivity index (χ2v) is 6.52. The zero-order valence-electron chi connectivity index (χ0n) is 14.3. The molecule has 7 heteroatoms. The summed E-state index contributed by atoms with van der Waals surface area (Å²) in [6, 6.07) is 7.55. The summed E-state index contributed by atoms with van der Waals surface area (Å²) in [5, 5.41) is 11.3. The first-order chi connectivity index (χ1) is 12.1. The number of aromatic nitrogens is 3. The van der Waals surface area contributed by atoms with Crippen molar-refractivity contribution in [3.63, 3.8) is 0 Å². The number of furan rings is 1. The number of hydrogen-bond donors (Lipinski definition) is 2. The van der Waals surface area contributed by atoms with Gasteiger partial charge in [0.2, 0.25) is 0 Å². The van der Waals surface area contributed by atoms with Crippen LogP contribution in [0.15, 0.2) is 35.0 Å². The number of para-hydroxylation sites is 1. The zero-order chi connectivity index (χ0) is 17.4. The number of urea groups is 1. The normalized spacial score (nSPS) is 17.9. The highest BCUT2D eigenvalue weighted by atomic mass is 16.3. The topological polar surface area (TPSA) is 85.0 Å². The van der Waals surface area contributed by atoms with Crippen molar-refractivity contribution >= 4 is 17.0 Å². The van der Waals surface area contributed by atoms with E-state index in [9.17, 15) is 4.79 Å². The quantitative estimate of drug-likeness (QED) is 0.768. The molecule has 0 bridgehead atoms. The van der Waals surface area contributed by atoms with Crippen LogP contribution in [0.5, 0.6) is 0 Å². The van der Waals surface area contributed by atoms with E-state index < -0.39 is 0 Å². The number of carbonyl (C=O) groups is 1. The minimum Gasteiger partial charge on any atom is -0.459 e. The first-order valence-corrected chi connectivity index (χ1v) is 8.53. The summed E-state index contributed by atoms with van der Waals surface area (Å²) in [7, 11) is 0. The van der Waals surface area contributed by atoms with Crippen LogP contribution in [0.3, 0.4) is 0 Å². The van der Waals surface area contributed by atoms with Gasteiger partial charge in [0, 0.05) is 17.4 Å². The molecule has 3 heterocycles. The molecule has 2 aromatic heterocycles. The number of aryl methyl sites for hydroxylation is 2. The number of benzene rings is 1.